The maximum atomic E-state index is 11.6. The third-order valence-corrected chi connectivity index (χ3v) is 5.37. The van der Waals surface area contributed by atoms with Crippen LogP contribution in [0.15, 0.2) is 47.5 Å². The predicted molar refractivity (Wildman–Crippen MR) is 132 cm³/mol. The van der Waals surface area contributed by atoms with Crippen LogP contribution in [0.3, 0.4) is 0 Å². The molecule has 0 atom stereocenters. The molecule has 180 valence electrons. The molecule has 0 fully saturated rings. The van der Waals surface area contributed by atoms with Crippen LogP contribution in [0.2, 0.25) is 0 Å². The zero-order valence-electron chi connectivity index (χ0n) is 19.2. The average Bonchev–Trinajstić information content (AvgIpc) is 2.87. The number of carboxylic acid groups (broad SMARTS) is 2. The number of aryl methyl sites for hydroxylation is 1. The summed E-state index contributed by atoms with van der Waals surface area (Å²) in [4.78, 5) is 30.9. The van der Waals surface area contributed by atoms with E-state index in [0.29, 0.717) is 46.9 Å². The third kappa shape index (κ3) is 5.63. The molecule has 0 saturated heterocycles. The summed E-state index contributed by atoms with van der Waals surface area (Å²) in [7, 11) is 4.43. The van der Waals surface area contributed by atoms with Crippen LogP contribution in [-0.2, 0) is 12.8 Å². The first-order valence-electron chi connectivity index (χ1n) is 10.3. The maximum absolute atomic E-state index is 11.6. The highest BCUT2D eigenvalue weighted by molar-refractivity contribution is 7.78. The highest BCUT2D eigenvalue weighted by Gasteiger charge is 2.24. The summed E-state index contributed by atoms with van der Waals surface area (Å²) in [5, 5.41) is 21.3. The van der Waals surface area contributed by atoms with Gasteiger partial charge < -0.3 is 24.4 Å². The first-order valence-corrected chi connectivity index (χ1v) is 10.7. The average molecular weight is 495 g/mol. The number of aliphatic imine (C=N–C) groups is 1. The van der Waals surface area contributed by atoms with Gasteiger partial charge in [-0.25, -0.2) is 14.6 Å². The summed E-state index contributed by atoms with van der Waals surface area (Å²) in [5.74, 6) is -1.51. The van der Waals surface area contributed by atoms with E-state index in [9.17, 15) is 19.8 Å². The van der Waals surface area contributed by atoms with Gasteiger partial charge in [0, 0.05) is 11.6 Å². The lowest BCUT2D eigenvalue weighted by molar-refractivity contribution is 0.0685. The molecule has 0 spiro atoms. The summed E-state index contributed by atoms with van der Waals surface area (Å²) >= 11 is 4.63. The molecule has 1 heterocycles. The number of benzene rings is 2. The molecule has 0 saturated carbocycles. The molecular weight excluding hydrogens is 472 g/mol. The van der Waals surface area contributed by atoms with Crippen LogP contribution in [0.4, 0.5) is 5.69 Å². The van der Waals surface area contributed by atoms with Gasteiger partial charge in [0.25, 0.3) is 0 Å². The Morgan fingerprint density at radius 2 is 1.51 bits per heavy atom. The lowest BCUT2D eigenvalue weighted by Gasteiger charge is -2.20. The van der Waals surface area contributed by atoms with E-state index in [1.807, 2.05) is 24.3 Å². The standard InChI is InChI=1S/C25H22N2O7S/c1-32-20-12-21(33-2)22(15-10-18(24(28)29)27-19(11-15)25(30)31)23(34-3)17(20)9-6-14-4-7-16(8-5-14)26-13-35/h4-5,7-8,10-12H,6,9H2,1-3H3,(H,28,29)(H,30,31). The van der Waals surface area contributed by atoms with Crippen molar-refractivity contribution >= 4 is 35.0 Å². The van der Waals surface area contributed by atoms with Gasteiger partial charge in [-0.3, -0.25) is 0 Å². The van der Waals surface area contributed by atoms with Gasteiger partial charge in [-0.1, -0.05) is 12.1 Å². The van der Waals surface area contributed by atoms with Crippen LogP contribution < -0.4 is 14.2 Å². The number of rotatable bonds is 10. The van der Waals surface area contributed by atoms with Gasteiger partial charge in [0.2, 0.25) is 0 Å². The van der Waals surface area contributed by atoms with Gasteiger partial charge in [-0.15, -0.1) is 0 Å². The van der Waals surface area contributed by atoms with E-state index in [1.165, 1.54) is 33.5 Å². The Hall–Kier alpha value is -4.27. The largest absolute Gasteiger partial charge is 0.496 e. The van der Waals surface area contributed by atoms with Crippen molar-refractivity contribution < 1.29 is 34.0 Å². The quantitative estimate of drug-likeness (QED) is 0.305. The van der Waals surface area contributed by atoms with Crippen LogP contribution in [0.1, 0.15) is 32.1 Å². The third-order valence-electron chi connectivity index (χ3n) is 5.28. The fraction of sp³-hybridized carbons (Fsp3) is 0.200. The number of carboxylic acids is 2. The topological polar surface area (TPSA) is 128 Å². The highest BCUT2D eigenvalue weighted by atomic mass is 32.1. The number of aromatic nitrogens is 1. The second-order valence-electron chi connectivity index (χ2n) is 7.27. The monoisotopic (exact) mass is 494 g/mol. The number of ether oxygens (including phenoxy) is 3. The molecule has 0 radical (unpaired) electrons. The minimum atomic E-state index is -1.36. The van der Waals surface area contributed by atoms with Crippen molar-refractivity contribution in [2.45, 2.75) is 12.8 Å². The molecule has 0 unspecified atom stereocenters. The molecule has 2 aromatic carbocycles. The normalized spacial score (nSPS) is 10.3. The van der Waals surface area contributed by atoms with Crippen molar-refractivity contribution in [2.24, 2.45) is 4.99 Å². The van der Waals surface area contributed by atoms with Crippen LogP contribution in [0.5, 0.6) is 17.2 Å². The summed E-state index contributed by atoms with van der Waals surface area (Å²) in [6, 6.07) is 11.7. The Labute approximate surface area is 206 Å². The van der Waals surface area contributed by atoms with Crippen molar-refractivity contribution in [3.63, 3.8) is 0 Å². The Kier molecular flexibility index (Phi) is 8.14. The van der Waals surface area contributed by atoms with Gasteiger partial charge in [-0.2, -0.15) is 4.99 Å². The van der Waals surface area contributed by atoms with Crippen molar-refractivity contribution in [3.05, 3.63) is 65.0 Å². The number of hydrogen-bond donors (Lipinski definition) is 2. The van der Waals surface area contributed by atoms with E-state index in [-0.39, 0.29) is 5.56 Å². The van der Waals surface area contributed by atoms with E-state index < -0.39 is 23.3 Å². The summed E-state index contributed by atoms with van der Waals surface area (Å²) in [5.41, 5.74) is 2.27. The number of thiocarbonyl (C=S) groups is 1. The number of methoxy groups -OCH3 is 3. The van der Waals surface area contributed by atoms with Gasteiger partial charge in [0.1, 0.15) is 28.6 Å². The van der Waals surface area contributed by atoms with Gasteiger partial charge in [0.05, 0.1) is 37.7 Å². The number of carbonyl (C=O) groups is 2. The van der Waals surface area contributed by atoms with Crippen molar-refractivity contribution in [1.82, 2.24) is 4.98 Å². The molecule has 1 aromatic heterocycles. The molecule has 3 rings (SSSR count). The lowest BCUT2D eigenvalue weighted by atomic mass is 9.95. The Balaban J connectivity index is 2.16. The van der Waals surface area contributed by atoms with E-state index >= 15 is 0 Å². The summed E-state index contributed by atoms with van der Waals surface area (Å²) < 4.78 is 16.9. The minimum absolute atomic E-state index is 0.273. The zero-order valence-corrected chi connectivity index (χ0v) is 20.0. The first-order chi connectivity index (χ1) is 16.8. The fourth-order valence-electron chi connectivity index (χ4n) is 3.68. The number of pyridine rings is 1. The van der Waals surface area contributed by atoms with Crippen molar-refractivity contribution in [1.29, 1.82) is 0 Å². The van der Waals surface area contributed by atoms with Gasteiger partial charge in [0.15, 0.2) is 0 Å². The second-order valence-corrected chi connectivity index (χ2v) is 7.46. The SMILES string of the molecule is COc1cc(OC)c(-c2cc(C(=O)O)nc(C(=O)O)c2)c(OC)c1CCc1ccc(N=C=S)cc1. The molecule has 3 aromatic rings. The molecule has 10 heteroatoms. The van der Waals surface area contributed by atoms with E-state index in [0.717, 1.165) is 5.56 Å². The number of nitrogens with zero attached hydrogens (tertiary/aromatic N) is 2. The number of hydrogen-bond acceptors (Lipinski definition) is 8. The maximum Gasteiger partial charge on any atom is 0.354 e. The van der Waals surface area contributed by atoms with Crippen LogP contribution in [0.25, 0.3) is 11.1 Å². The van der Waals surface area contributed by atoms with E-state index in [1.54, 1.807) is 6.07 Å². The molecule has 0 bridgehead atoms. The van der Waals surface area contributed by atoms with Crippen molar-refractivity contribution in [2.75, 3.05) is 21.3 Å². The molecule has 0 aliphatic heterocycles. The van der Waals surface area contributed by atoms with Gasteiger partial charge in [-0.05, 0) is 60.5 Å². The first kappa shape index (κ1) is 25.4. The Bertz CT molecular complexity index is 1280. The molecule has 9 nitrogen and oxygen atoms in total. The smallest absolute Gasteiger partial charge is 0.354 e. The Morgan fingerprint density at radius 1 is 0.914 bits per heavy atom. The zero-order chi connectivity index (χ0) is 25.5. The van der Waals surface area contributed by atoms with E-state index in [4.69, 9.17) is 14.2 Å². The van der Waals surface area contributed by atoms with Crippen LogP contribution in [-0.4, -0.2) is 53.6 Å². The molecular formula is C25H22N2O7S. The second kappa shape index (κ2) is 11.2. The molecule has 0 aliphatic rings. The Morgan fingerprint density at radius 3 is 2.00 bits per heavy atom. The van der Waals surface area contributed by atoms with E-state index in [2.05, 4.69) is 27.4 Å². The van der Waals surface area contributed by atoms with Crippen LogP contribution >= 0.6 is 12.2 Å². The number of aromatic carboxylic acids is 2. The number of isothiocyanates is 1. The fourth-order valence-corrected chi connectivity index (χ4v) is 3.79. The summed E-state index contributed by atoms with van der Waals surface area (Å²) in [6.45, 7) is 0. The molecule has 35 heavy (non-hydrogen) atoms. The molecule has 0 aliphatic carbocycles. The lowest BCUT2D eigenvalue weighted by Crippen LogP contribution is -2.09. The van der Waals surface area contributed by atoms with Gasteiger partial charge >= 0.3 is 11.9 Å². The minimum Gasteiger partial charge on any atom is -0.496 e. The predicted octanol–water partition coefficient (Wildman–Crippen LogP) is 4.69. The highest BCUT2D eigenvalue weighted by Crippen LogP contribution is 2.46. The van der Waals surface area contributed by atoms with Crippen LogP contribution in [0, 0.1) is 0 Å². The van der Waals surface area contributed by atoms with Crippen molar-refractivity contribution in [3.8, 4) is 28.4 Å². The molecule has 0 amide bonds. The molecule has 2 N–H and O–H groups in total. The summed E-state index contributed by atoms with van der Waals surface area (Å²) in [6.07, 6.45) is 1.12.